The Morgan fingerprint density at radius 3 is 2.52 bits per heavy atom. The van der Waals surface area contributed by atoms with Gasteiger partial charge in [-0.3, -0.25) is 4.79 Å². The first-order valence-electron chi connectivity index (χ1n) is 9.72. The van der Waals surface area contributed by atoms with E-state index in [9.17, 15) is 4.79 Å². The molecule has 1 aliphatic carbocycles. The van der Waals surface area contributed by atoms with Crippen LogP contribution in [0.3, 0.4) is 0 Å². The van der Waals surface area contributed by atoms with Crippen molar-refractivity contribution in [2.75, 3.05) is 26.1 Å². The molecular weight excluding hydrogens is 340 g/mol. The van der Waals surface area contributed by atoms with Gasteiger partial charge in [0.1, 0.15) is 11.5 Å². The number of aromatic nitrogens is 1. The number of ketones is 1. The van der Waals surface area contributed by atoms with Crippen molar-refractivity contribution in [2.24, 2.45) is 0 Å². The Morgan fingerprint density at radius 1 is 1.11 bits per heavy atom. The average molecular weight is 370 g/mol. The Balaban J connectivity index is 1.75. The summed E-state index contributed by atoms with van der Waals surface area (Å²) in [6, 6.07) is 8.09. The minimum Gasteiger partial charge on any atom is -0.497 e. The van der Waals surface area contributed by atoms with E-state index in [0.717, 1.165) is 22.7 Å². The molecule has 0 atom stereocenters. The van der Waals surface area contributed by atoms with E-state index in [-0.39, 0.29) is 12.3 Å². The van der Waals surface area contributed by atoms with Crippen molar-refractivity contribution < 1.29 is 14.3 Å². The van der Waals surface area contributed by atoms with Gasteiger partial charge in [-0.2, -0.15) is 0 Å². The fourth-order valence-corrected chi connectivity index (χ4v) is 4.18. The molecule has 1 N–H and O–H groups in total. The highest BCUT2D eigenvalue weighted by Crippen LogP contribution is 2.33. The summed E-state index contributed by atoms with van der Waals surface area (Å²) < 4.78 is 13.0. The summed E-state index contributed by atoms with van der Waals surface area (Å²) in [5.41, 5.74) is 3.84. The zero-order valence-electron chi connectivity index (χ0n) is 16.8. The molecule has 0 amide bonds. The first kappa shape index (κ1) is 19.3. The molecule has 1 aromatic carbocycles. The van der Waals surface area contributed by atoms with Gasteiger partial charge in [-0.25, -0.2) is 0 Å². The number of Topliss-reactive ketones (excluding diaryl/α,β-unsaturated/α-hetero) is 1. The number of methoxy groups -OCH3 is 2. The Labute approximate surface area is 161 Å². The van der Waals surface area contributed by atoms with Crippen molar-refractivity contribution >= 4 is 11.5 Å². The van der Waals surface area contributed by atoms with Gasteiger partial charge in [0, 0.05) is 29.1 Å². The second kappa shape index (κ2) is 8.51. The molecule has 0 aliphatic heterocycles. The van der Waals surface area contributed by atoms with Gasteiger partial charge in [0.25, 0.3) is 0 Å². The van der Waals surface area contributed by atoms with E-state index in [4.69, 9.17) is 9.47 Å². The van der Waals surface area contributed by atoms with E-state index >= 15 is 0 Å². The number of rotatable bonds is 7. The first-order valence-corrected chi connectivity index (χ1v) is 9.72. The SMILES string of the molecule is COc1ccc(OC)c(NCC(=O)c2cc(C)n(C3CCCCC3)c2C)c1. The fraction of sp³-hybridized carbons (Fsp3) is 0.500. The van der Waals surface area contributed by atoms with Gasteiger partial charge in [-0.1, -0.05) is 19.3 Å². The molecule has 0 bridgehead atoms. The number of hydrogen-bond donors (Lipinski definition) is 1. The molecule has 5 nitrogen and oxygen atoms in total. The topological polar surface area (TPSA) is 52.5 Å². The van der Waals surface area contributed by atoms with Crippen LogP contribution >= 0.6 is 0 Å². The van der Waals surface area contributed by atoms with Gasteiger partial charge < -0.3 is 19.4 Å². The summed E-state index contributed by atoms with van der Waals surface area (Å²) in [5, 5.41) is 3.21. The lowest BCUT2D eigenvalue weighted by Crippen LogP contribution is -2.18. The number of nitrogens with zero attached hydrogens (tertiary/aromatic N) is 1. The lowest BCUT2D eigenvalue weighted by Gasteiger charge is -2.26. The number of benzene rings is 1. The molecule has 1 aromatic heterocycles. The van der Waals surface area contributed by atoms with Gasteiger partial charge in [0.05, 0.1) is 26.5 Å². The molecular formula is C22H30N2O3. The van der Waals surface area contributed by atoms with Crippen LogP contribution in [0.15, 0.2) is 24.3 Å². The zero-order chi connectivity index (χ0) is 19.4. The third-order valence-corrected chi connectivity index (χ3v) is 5.57. The number of hydrogen-bond acceptors (Lipinski definition) is 4. The predicted octanol–water partition coefficient (Wildman–Crippen LogP) is 4.92. The van der Waals surface area contributed by atoms with Crippen molar-refractivity contribution in [1.82, 2.24) is 4.57 Å². The normalized spacial score (nSPS) is 14.8. The maximum absolute atomic E-state index is 12.9. The molecule has 3 rings (SSSR count). The maximum atomic E-state index is 12.9. The molecule has 1 heterocycles. The van der Waals surface area contributed by atoms with Crippen LogP contribution in [0.4, 0.5) is 5.69 Å². The van der Waals surface area contributed by atoms with Crippen LogP contribution in [-0.4, -0.2) is 31.1 Å². The summed E-state index contributed by atoms with van der Waals surface area (Å²) >= 11 is 0. The van der Waals surface area contributed by atoms with Crippen LogP contribution in [0.5, 0.6) is 11.5 Å². The van der Waals surface area contributed by atoms with Crippen LogP contribution in [0.2, 0.25) is 0 Å². The lowest BCUT2D eigenvalue weighted by molar-refractivity contribution is 0.100. The molecule has 1 aliphatic rings. The molecule has 5 heteroatoms. The minimum absolute atomic E-state index is 0.0926. The molecule has 0 saturated heterocycles. The van der Waals surface area contributed by atoms with Crippen molar-refractivity contribution in [2.45, 2.75) is 52.0 Å². The third-order valence-electron chi connectivity index (χ3n) is 5.57. The zero-order valence-corrected chi connectivity index (χ0v) is 16.8. The van der Waals surface area contributed by atoms with E-state index in [0.29, 0.717) is 11.8 Å². The minimum atomic E-state index is 0.0926. The fourth-order valence-electron chi connectivity index (χ4n) is 4.18. The van der Waals surface area contributed by atoms with Crippen LogP contribution in [-0.2, 0) is 0 Å². The number of aryl methyl sites for hydroxylation is 1. The summed E-state index contributed by atoms with van der Waals surface area (Å²) in [6.45, 7) is 4.40. The lowest BCUT2D eigenvalue weighted by atomic mass is 9.95. The molecule has 1 saturated carbocycles. The number of anilines is 1. The summed E-state index contributed by atoms with van der Waals surface area (Å²) in [5.74, 6) is 1.51. The molecule has 1 fully saturated rings. The third kappa shape index (κ3) is 4.12. The Morgan fingerprint density at radius 2 is 1.85 bits per heavy atom. The van der Waals surface area contributed by atoms with Crippen LogP contribution in [0.25, 0.3) is 0 Å². The number of nitrogens with one attached hydrogen (secondary N) is 1. The van der Waals surface area contributed by atoms with Gasteiger partial charge >= 0.3 is 0 Å². The number of ether oxygens (including phenoxy) is 2. The largest absolute Gasteiger partial charge is 0.497 e. The monoisotopic (exact) mass is 370 g/mol. The summed E-state index contributed by atoms with van der Waals surface area (Å²) in [4.78, 5) is 12.9. The van der Waals surface area contributed by atoms with E-state index in [1.807, 2.05) is 24.3 Å². The van der Waals surface area contributed by atoms with Gasteiger partial charge in [-0.15, -0.1) is 0 Å². The average Bonchev–Trinajstić information content (AvgIpc) is 3.00. The summed E-state index contributed by atoms with van der Waals surface area (Å²) in [6.07, 6.45) is 6.31. The van der Waals surface area contributed by atoms with Crippen LogP contribution < -0.4 is 14.8 Å². The van der Waals surface area contributed by atoms with Gasteiger partial charge in [0.15, 0.2) is 5.78 Å². The van der Waals surface area contributed by atoms with E-state index in [1.54, 1.807) is 14.2 Å². The standard InChI is InChI=1S/C22H30N2O3/c1-15-12-19(16(2)24(15)17-8-6-5-7-9-17)21(25)14-23-20-13-18(26-3)10-11-22(20)27-4/h10-13,17,23H,5-9,14H2,1-4H3. The highest BCUT2D eigenvalue weighted by atomic mass is 16.5. The van der Waals surface area contributed by atoms with Crippen molar-refractivity contribution in [3.63, 3.8) is 0 Å². The van der Waals surface area contributed by atoms with Crippen molar-refractivity contribution in [3.8, 4) is 11.5 Å². The Hall–Kier alpha value is -2.43. The van der Waals surface area contributed by atoms with E-state index in [1.165, 1.54) is 37.8 Å². The van der Waals surface area contributed by atoms with E-state index in [2.05, 4.69) is 23.7 Å². The Kier molecular flexibility index (Phi) is 6.09. The van der Waals surface area contributed by atoms with Crippen molar-refractivity contribution in [1.29, 1.82) is 0 Å². The predicted molar refractivity (Wildman–Crippen MR) is 108 cm³/mol. The smallest absolute Gasteiger partial charge is 0.183 e. The second-order valence-corrected chi connectivity index (χ2v) is 7.29. The number of carbonyl (C=O) groups is 1. The molecule has 0 unspecified atom stereocenters. The van der Waals surface area contributed by atoms with Gasteiger partial charge in [-0.05, 0) is 44.9 Å². The maximum Gasteiger partial charge on any atom is 0.183 e. The highest BCUT2D eigenvalue weighted by molar-refractivity contribution is 6.00. The second-order valence-electron chi connectivity index (χ2n) is 7.29. The quantitative estimate of drug-likeness (QED) is 0.703. The van der Waals surface area contributed by atoms with Gasteiger partial charge in [0.2, 0.25) is 0 Å². The molecule has 2 aromatic rings. The van der Waals surface area contributed by atoms with Crippen molar-refractivity contribution in [3.05, 3.63) is 41.2 Å². The molecule has 0 spiro atoms. The highest BCUT2D eigenvalue weighted by Gasteiger charge is 2.22. The number of carbonyl (C=O) groups excluding carboxylic acids is 1. The van der Waals surface area contributed by atoms with Crippen LogP contribution in [0.1, 0.15) is 59.9 Å². The molecule has 27 heavy (non-hydrogen) atoms. The Bertz CT molecular complexity index is 804. The van der Waals surface area contributed by atoms with Crippen LogP contribution in [0, 0.1) is 13.8 Å². The molecule has 0 radical (unpaired) electrons. The summed E-state index contributed by atoms with van der Waals surface area (Å²) in [7, 11) is 3.24. The molecule has 146 valence electrons. The first-order chi connectivity index (χ1) is 13.0. The van der Waals surface area contributed by atoms with E-state index < -0.39 is 0 Å².